The number of fused-ring (bicyclic) bond motifs is 1. The van der Waals surface area contributed by atoms with E-state index in [1.54, 1.807) is 0 Å². The SMILES string of the molecule is c1ccc2c(CC3OCCO3)cccc2c1. The van der Waals surface area contributed by atoms with E-state index in [2.05, 4.69) is 42.5 Å². The van der Waals surface area contributed by atoms with E-state index < -0.39 is 0 Å². The maximum absolute atomic E-state index is 5.48. The van der Waals surface area contributed by atoms with Crippen LogP contribution in [0, 0.1) is 0 Å². The van der Waals surface area contributed by atoms with E-state index in [-0.39, 0.29) is 6.29 Å². The molecule has 0 N–H and O–H groups in total. The van der Waals surface area contributed by atoms with Crippen molar-refractivity contribution >= 4 is 10.8 Å². The summed E-state index contributed by atoms with van der Waals surface area (Å²) in [5.41, 5.74) is 1.30. The van der Waals surface area contributed by atoms with Crippen molar-refractivity contribution < 1.29 is 9.47 Å². The third-order valence-corrected chi connectivity index (χ3v) is 2.96. The highest BCUT2D eigenvalue weighted by Gasteiger charge is 2.17. The summed E-state index contributed by atoms with van der Waals surface area (Å²) >= 11 is 0. The second-order valence-electron chi connectivity index (χ2n) is 4.01. The fourth-order valence-corrected chi connectivity index (χ4v) is 2.18. The van der Waals surface area contributed by atoms with Crippen molar-refractivity contribution in [1.82, 2.24) is 0 Å². The lowest BCUT2D eigenvalue weighted by atomic mass is 10.0. The molecule has 1 saturated heterocycles. The molecule has 0 bridgehead atoms. The first-order valence-electron chi connectivity index (χ1n) is 5.63. The molecule has 82 valence electrons. The van der Waals surface area contributed by atoms with Gasteiger partial charge in [0.1, 0.15) is 0 Å². The Kier molecular flexibility index (Phi) is 2.60. The van der Waals surface area contributed by atoms with Gasteiger partial charge < -0.3 is 9.47 Å². The van der Waals surface area contributed by atoms with Crippen LogP contribution in [0.15, 0.2) is 42.5 Å². The number of ether oxygens (including phenoxy) is 2. The summed E-state index contributed by atoms with van der Waals surface area (Å²) in [5.74, 6) is 0. The largest absolute Gasteiger partial charge is 0.350 e. The molecule has 0 aromatic heterocycles. The van der Waals surface area contributed by atoms with E-state index in [0.717, 1.165) is 19.6 Å². The van der Waals surface area contributed by atoms with Gasteiger partial charge in [-0.25, -0.2) is 0 Å². The van der Waals surface area contributed by atoms with Crippen molar-refractivity contribution in [3.63, 3.8) is 0 Å². The molecule has 0 saturated carbocycles. The summed E-state index contributed by atoms with van der Waals surface area (Å²) in [6.07, 6.45) is 0.771. The molecule has 3 rings (SSSR count). The Morgan fingerprint density at radius 3 is 2.56 bits per heavy atom. The van der Waals surface area contributed by atoms with Gasteiger partial charge in [-0.1, -0.05) is 42.5 Å². The molecule has 1 heterocycles. The minimum atomic E-state index is -0.0641. The monoisotopic (exact) mass is 214 g/mol. The Balaban J connectivity index is 1.96. The van der Waals surface area contributed by atoms with Crippen molar-refractivity contribution in [2.24, 2.45) is 0 Å². The summed E-state index contributed by atoms with van der Waals surface area (Å²) in [4.78, 5) is 0. The Morgan fingerprint density at radius 2 is 1.69 bits per heavy atom. The lowest BCUT2D eigenvalue weighted by molar-refractivity contribution is -0.0397. The number of hydrogen-bond acceptors (Lipinski definition) is 2. The number of hydrogen-bond donors (Lipinski definition) is 0. The fraction of sp³-hybridized carbons (Fsp3) is 0.286. The first-order valence-corrected chi connectivity index (χ1v) is 5.63. The molecule has 0 atom stereocenters. The molecule has 16 heavy (non-hydrogen) atoms. The van der Waals surface area contributed by atoms with Crippen LogP contribution in [-0.2, 0) is 15.9 Å². The highest BCUT2D eigenvalue weighted by atomic mass is 16.7. The van der Waals surface area contributed by atoms with E-state index >= 15 is 0 Å². The molecule has 2 nitrogen and oxygen atoms in total. The normalized spacial score (nSPS) is 17.0. The van der Waals surface area contributed by atoms with Gasteiger partial charge in [0, 0.05) is 6.42 Å². The van der Waals surface area contributed by atoms with Crippen molar-refractivity contribution in [1.29, 1.82) is 0 Å². The molecular weight excluding hydrogens is 200 g/mol. The Labute approximate surface area is 94.8 Å². The van der Waals surface area contributed by atoms with Gasteiger partial charge in [0.15, 0.2) is 6.29 Å². The van der Waals surface area contributed by atoms with Crippen LogP contribution in [0.4, 0.5) is 0 Å². The quantitative estimate of drug-likeness (QED) is 0.765. The van der Waals surface area contributed by atoms with Gasteiger partial charge in [-0.3, -0.25) is 0 Å². The predicted octanol–water partition coefficient (Wildman–Crippen LogP) is 2.76. The molecule has 2 heteroatoms. The van der Waals surface area contributed by atoms with E-state index in [1.165, 1.54) is 16.3 Å². The van der Waals surface area contributed by atoms with Crippen molar-refractivity contribution in [2.75, 3.05) is 13.2 Å². The summed E-state index contributed by atoms with van der Waals surface area (Å²) in [5, 5.41) is 2.57. The Hall–Kier alpha value is -1.38. The zero-order valence-electron chi connectivity index (χ0n) is 9.06. The van der Waals surface area contributed by atoms with Crippen LogP contribution in [0.1, 0.15) is 5.56 Å². The van der Waals surface area contributed by atoms with E-state index in [1.807, 2.05) is 0 Å². The van der Waals surface area contributed by atoms with Crippen molar-refractivity contribution in [3.8, 4) is 0 Å². The maximum Gasteiger partial charge on any atom is 0.161 e. The molecule has 0 radical (unpaired) electrons. The summed E-state index contributed by atoms with van der Waals surface area (Å²) in [6, 6.07) is 14.8. The highest BCUT2D eigenvalue weighted by molar-refractivity contribution is 5.85. The fourth-order valence-electron chi connectivity index (χ4n) is 2.18. The van der Waals surface area contributed by atoms with Gasteiger partial charge >= 0.3 is 0 Å². The second kappa shape index (κ2) is 4.24. The number of rotatable bonds is 2. The van der Waals surface area contributed by atoms with Crippen LogP contribution in [0.5, 0.6) is 0 Å². The standard InChI is InChI=1S/C14H14O2/c1-2-7-13-11(4-1)5-3-6-12(13)10-14-15-8-9-16-14/h1-7,14H,8-10H2. The van der Waals surface area contributed by atoms with Gasteiger partial charge in [-0.2, -0.15) is 0 Å². The molecule has 2 aromatic rings. The van der Waals surface area contributed by atoms with Gasteiger partial charge in [0.2, 0.25) is 0 Å². The molecule has 0 aliphatic carbocycles. The molecule has 0 spiro atoms. The first kappa shape index (κ1) is 9.82. The molecule has 1 aliphatic rings. The zero-order chi connectivity index (χ0) is 10.8. The predicted molar refractivity (Wildman–Crippen MR) is 63.3 cm³/mol. The van der Waals surface area contributed by atoms with Gasteiger partial charge in [0.05, 0.1) is 13.2 Å². The first-order chi connectivity index (χ1) is 7.93. The van der Waals surface area contributed by atoms with Crippen LogP contribution in [0.2, 0.25) is 0 Å². The van der Waals surface area contributed by atoms with E-state index in [9.17, 15) is 0 Å². The van der Waals surface area contributed by atoms with Crippen LogP contribution in [0.3, 0.4) is 0 Å². The van der Waals surface area contributed by atoms with Crippen LogP contribution in [-0.4, -0.2) is 19.5 Å². The van der Waals surface area contributed by atoms with E-state index in [4.69, 9.17) is 9.47 Å². The van der Waals surface area contributed by atoms with Crippen LogP contribution in [0.25, 0.3) is 10.8 Å². The van der Waals surface area contributed by atoms with Gasteiger partial charge in [-0.05, 0) is 16.3 Å². The minimum Gasteiger partial charge on any atom is -0.350 e. The smallest absolute Gasteiger partial charge is 0.161 e. The van der Waals surface area contributed by atoms with Crippen molar-refractivity contribution in [2.45, 2.75) is 12.7 Å². The topological polar surface area (TPSA) is 18.5 Å². The minimum absolute atomic E-state index is 0.0641. The summed E-state index contributed by atoms with van der Waals surface area (Å²) in [6.45, 7) is 1.44. The number of benzene rings is 2. The second-order valence-corrected chi connectivity index (χ2v) is 4.01. The molecule has 0 amide bonds. The molecule has 0 unspecified atom stereocenters. The van der Waals surface area contributed by atoms with Crippen LogP contribution >= 0.6 is 0 Å². The average Bonchev–Trinajstić information content (AvgIpc) is 2.82. The molecule has 1 fully saturated rings. The lowest BCUT2D eigenvalue weighted by Gasteiger charge is -2.11. The molecular formula is C14H14O2. The Morgan fingerprint density at radius 1 is 0.938 bits per heavy atom. The third-order valence-electron chi connectivity index (χ3n) is 2.96. The summed E-state index contributed by atoms with van der Waals surface area (Å²) < 4.78 is 11.0. The van der Waals surface area contributed by atoms with E-state index in [0.29, 0.717) is 0 Å². The maximum atomic E-state index is 5.48. The summed E-state index contributed by atoms with van der Waals surface area (Å²) in [7, 11) is 0. The highest BCUT2D eigenvalue weighted by Crippen LogP contribution is 2.21. The van der Waals surface area contributed by atoms with Crippen molar-refractivity contribution in [3.05, 3.63) is 48.0 Å². The zero-order valence-corrected chi connectivity index (χ0v) is 9.06. The Bertz CT molecular complexity index is 482. The molecule has 2 aromatic carbocycles. The average molecular weight is 214 g/mol. The van der Waals surface area contributed by atoms with Crippen LogP contribution < -0.4 is 0 Å². The lowest BCUT2D eigenvalue weighted by Crippen LogP contribution is -2.11. The molecule has 1 aliphatic heterocycles. The van der Waals surface area contributed by atoms with Gasteiger partial charge in [0.25, 0.3) is 0 Å². The van der Waals surface area contributed by atoms with Gasteiger partial charge in [-0.15, -0.1) is 0 Å². The third kappa shape index (κ3) is 1.82.